The molecule has 0 spiro atoms. The van der Waals surface area contributed by atoms with Crippen LogP contribution in [0.5, 0.6) is 0 Å². The molecule has 0 aliphatic carbocycles. The second-order valence-corrected chi connectivity index (χ2v) is 4.09. The summed E-state index contributed by atoms with van der Waals surface area (Å²) in [5.41, 5.74) is 0.529. The van der Waals surface area contributed by atoms with Gasteiger partial charge in [-0.05, 0) is 37.2 Å². The summed E-state index contributed by atoms with van der Waals surface area (Å²) in [5, 5.41) is 5.74. The minimum atomic E-state index is -0.497. The van der Waals surface area contributed by atoms with Crippen LogP contribution >= 0.6 is 0 Å². The van der Waals surface area contributed by atoms with E-state index in [0.717, 1.165) is 19.5 Å². The molecule has 1 unspecified atom stereocenters. The molecule has 1 atom stereocenters. The number of halogens is 1. The third-order valence-electron chi connectivity index (χ3n) is 2.70. The van der Waals surface area contributed by atoms with Crippen LogP contribution in [0.4, 0.5) is 14.9 Å². The van der Waals surface area contributed by atoms with Gasteiger partial charge in [0.15, 0.2) is 0 Å². The van der Waals surface area contributed by atoms with Crippen molar-refractivity contribution < 1.29 is 13.9 Å². The molecule has 1 fully saturated rings. The summed E-state index contributed by atoms with van der Waals surface area (Å²) in [6.45, 7) is 2.29. The largest absolute Gasteiger partial charge is 0.449 e. The fourth-order valence-electron chi connectivity index (χ4n) is 1.74. The van der Waals surface area contributed by atoms with E-state index in [1.54, 1.807) is 0 Å². The molecule has 1 aromatic rings. The van der Waals surface area contributed by atoms with Gasteiger partial charge in [0.1, 0.15) is 5.82 Å². The normalized spacial score (nSPS) is 19.0. The number of rotatable bonds is 3. The second kappa shape index (κ2) is 5.63. The maximum atomic E-state index is 12.6. The summed E-state index contributed by atoms with van der Waals surface area (Å²) in [6, 6.07) is 5.56. The highest BCUT2D eigenvalue weighted by atomic mass is 19.1. The summed E-state index contributed by atoms with van der Waals surface area (Å²) >= 11 is 0. The first-order chi connectivity index (χ1) is 8.24. The van der Waals surface area contributed by atoms with Gasteiger partial charge >= 0.3 is 6.09 Å². The molecule has 1 saturated heterocycles. The Labute approximate surface area is 99.2 Å². The van der Waals surface area contributed by atoms with E-state index in [-0.39, 0.29) is 5.82 Å². The van der Waals surface area contributed by atoms with Gasteiger partial charge in [-0.1, -0.05) is 0 Å². The number of anilines is 1. The predicted octanol–water partition coefficient (Wildman–Crippen LogP) is 1.98. The van der Waals surface area contributed by atoms with Crippen LogP contribution in [0.15, 0.2) is 24.3 Å². The Hall–Kier alpha value is -1.62. The van der Waals surface area contributed by atoms with Gasteiger partial charge in [-0.15, -0.1) is 0 Å². The van der Waals surface area contributed by atoms with Gasteiger partial charge in [0.2, 0.25) is 0 Å². The van der Waals surface area contributed by atoms with Crippen molar-refractivity contribution in [3.63, 3.8) is 0 Å². The molecule has 4 nitrogen and oxygen atoms in total. The zero-order valence-electron chi connectivity index (χ0n) is 9.41. The summed E-state index contributed by atoms with van der Waals surface area (Å²) < 4.78 is 17.7. The first kappa shape index (κ1) is 11.9. The van der Waals surface area contributed by atoms with Gasteiger partial charge in [0.25, 0.3) is 0 Å². The van der Waals surface area contributed by atoms with E-state index in [4.69, 9.17) is 4.74 Å². The van der Waals surface area contributed by atoms with Crippen molar-refractivity contribution in [2.75, 3.05) is 25.0 Å². The molecule has 1 aliphatic rings. The molecule has 0 bridgehead atoms. The number of nitrogens with one attached hydrogen (secondary N) is 2. The lowest BCUT2D eigenvalue weighted by molar-refractivity contribution is 0.144. The lowest BCUT2D eigenvalue weighted by Gasteiger charge is -2.10. The lowest BCUT2D eigenvalue weighted by atomic mass is 10.1. The fourth-order valence-corrected chi connectivity index (χ4v) is 1.74. The molecule has 92 valence electrons. The van der Waals surface area contributed by atoms with Crippen molar-refractivity contribution >= 4 is 11.8 Å². The Kier molecular flexibility index (Phi) is 3.93. The van der Waals surface area contributed by atoms with Crippen LogP contribution in [-0.2, 0) is 4.74 Å². The van der Waals surface area contributed by atoms with Gasteiger partial charge in [-0.3, -0.25) is 5.32 Å². The predicted molar refractivity (Wildman–Crippen MR) is 62.3 cm³/mol. The monoisotopic (exact) mass is 238 g/mol. The SMILES string of the molecule is O=C(Nc1ccc(F)cc1)OCC1CCNC1. The number of carbonyl (C=O) groups excluding carboxylic acids is 1. The number of hydrogen-bond donors (Lipinski definition) is 2. The summed E-state index contributed by atoms with van der Waals surface area (Å²) in [5.74, 6) is 0.0647. The summed E-state index contributed by atoms with van der Waals surface area (Å²) in [4.78, 5) is 11.4. The molecule has 0 aromatic heterocycles. The maximum absolute atomic E-state index is 12.6. The van der Waals surface area contributed by atoms with Crippen molar-refractivity contribution in [1.82, 2.24) is 5.32 Å². The van der Waals surface area contributed by atoms with Gasteiger partial charge in [0, 0.05) is 18.2 Å². The number of benzene rings is 1. The van der Waals surface area contributed by atoms with E-state index in [9.17, 15) is 9.18 Å². The van der Waals surface area contributed by atoms with E-state index >= 15 is 0 Å². The third kappa shape index (κ3) is 3.71. The van der Waals surface area contributed by atoms with Crippen LogP contribution < -0.4 is 10.6 Å². The van der Waals surface area contributed by atoms with Crippen molar-refractivity contribution in [1.29, 1.82) is 0 Å². The minimum Gasteiger partial charge on any atom is -0.449 e. The molecule has 5 heteroatoms. The average molecular weight is 238 g/mol. The molecule has 1 aromatic carbocycles. The van der Waals surface area contributed by atoms with Gasteiger partial charge in [0.05, 0.1) is 6.61 Å². The second-order valence-electron chi connectivity index (χ2n) is 4.09. The number of hydrogen-bond acceptors (Lipinski definition) is 3. The quantitative estimate of drug-likeness (QED) is 0.846. The highest BCUT2D eigenvalue weighted by molar-refractivity contribution is 5.84. The smallest absolute Gasteiger partial charge is 0.411 e. The lowest BCUT2D eigenvalue weighted by Crippen LogP contribution is -2.20. The molecule has 2 N–H and O–H groups in total. The van der Waals surface area contributed by atoms with Gasteiger partial charge < -0.3 is 10.1 Å². The van der Waals surface area contributed by atoms with Crippen LogP contribution in [0.2, 0.25) is 0 Å². The minimum absolute atomic E-state index is 0.332. The van der Waals surface area contributed by atoms with Gasteiger partial charge in [-0.2, -0.15) is 0 Å². The van der Waals surface area contributed by atoms with Crippen LogP contribution in [0.1, 0.15) is 6.42 Å². The Morgan fingerprint density at radius 1 is 1.47 bits per heavy atom. The van der Waals surface area contributed by atoms with Crippen molar-refractivity contribution in [3.05, 3.63) is 30.1 Å². The van der Waals surface area contributed by atoms with E-state index in [2.05, 4.69) is 10.6 Å². The first-order valence-electron chi connectivity index (χ1n) is 5.64. The highest BCUT2D eigenvalue weighted by Crippen LogP contribution is 2.10. The molecule has 1 aliphatic heterocycles. The molecule has 0 radical (unpaired) electrons. The van der Waals surface area contributed by atoms with Crippen LogP contribution in [-0.4, -0.2) is 25.8 Å². The fraction of sp³-hybridized carbons (Fsp3) is 0.417. The van der Waals surface area contributed by atoms with Crippen molar-refractivity contribution in [2.24, 2.45) is 5.92 Å². The van der Waals surface area contributed by atoms with E-state index in [1.165, 1.54) is 24.3 Å². The summed E-state index contributed by atoms with van der Waals surface area (Å²) in [6.07, 6.45) is 0.535. The number of ether oxygens (including phenoxy) is 1. The van der Waals surface area contributed by atoms with Crippen LogP contribution in [0.3, 0.4) is 0 Å². The highest BCUT2D eigenvalue weighted by Gasteiger charge is 2.16. The van der Waals surface area contributed by atoms with E-state index in [1.807, 2.05) is 0 Å². The molecular formula is C12H15FN2O2. The molecule has 0 saturated carbocycles. The number of amides is 1. The third-order valence-corrected chi connectivity index (χ3v) is 2.70. The molecular weight excluding hydrogens is 223 g/mol. The Morgan fingerprint density at radius 3 is 2.88 bits per heavy atom. The van der Waals surface area contributed by atoms with E-state index < -0.39 is 6.09 Å². The molecule has 1 amide bonds. The Morgan fingerprint density at radius 2 is 2.24 bits per heavy atom. The molecule has 1 heterocycles. The molecule has 17 heavy (non-hydrogen) atoms. The Balaban J connectivity index is 1.74. The average Bonchev–Trinajstić information content (AvgIpc) is 2.83. The van der Waals surface area contributed by atoms with Crippen molar-refractivity contribution in [2.45, 2.75) is 6.42 Å². The summed E-state index contributed by atoms with van der Waals surface area (Å²) in [7, 11) is 0. The van der Waals surface area contributed by atoms with Gasteiger partial charge in [-0.25, -0.2) is 9.18 Å². The van der Waals surface area contributed by atoms with Crippen LogP contribution in [0.25, 0.3) is 0 Å². The zero-order chi connectivity index (χ0) is 12.1. The zero-order valence-corrected chi connectivity index (χ0v) is 9.41. The van der Waals surface area contributed by atoms with Crippen molar-refractivity contribution in [3.8, 4) is 0 Å². The topological polar surface area (TPSA) is 50.4 Å². The maximum Gasteiger partial charge on any atom is 0.411 e. The Bertz CT molecular complexity index is 375. The van der Waals surface area contributed by atoms with Crippen LogP contribution in [0, 0.1) is 11.7 Å². The molecule has 2 rings (SSSR count). The van der Waals surface area contributed by atoms with E-state index in [0.29, 0.717) is 18.2 Å². The standard InChI is InChI=1S/C12H15FN2O2/c13-10-1-3-11(4-2-10)15-12(16)17-8-9-5-6-14-7-9/h1-4,9,14H,5-8H2,(H,15,16). The number of carbonyl (C=O) groups is 1. The first-order valence-corrected chi connectivity index (χ1v) is 5.64.